The quantitative estimate of drug-likeness (QED) is 0.843. The van der Waals surface area contributed by atoms with Gasteiger partial charge in [0.1, 0.15) is 0 Å². The molecule has 0 unspecified atom stereocenters. The third-order valence-electron chi connectivity index (χ3n) is 3.49. The summed E-state index contributed by atoms with van der Waals surface area (Å²) < 4.78 is 0. The minimum Gasteiger partial charge on any atom is -0.326 e. The number of hydrogen-bond donors (Lipinski definition) is 1. The first-order valence-electron chi connectivity index (χ1n) is 6.62. The molecule has 98 valence electrons. The van der Waals surface area contributed by atoms with Gasteiger partial charge < -0.3 is 5.32 Å². The molecule has 1 amide bonds. The third kappa shape index (κ3) is 3.74. The number of hydrogen-bond acceptors (Lipinski definition) is 1. The molecule has 18 heavy (non-hydrogen) atoms. The van der Waals surface area contributed by atoms with Crippen LogP contribution in [0.25, 0.3) is 0 Å². The number of carbonyl (C=O) groups excluding carboxylic acids is 1. The van der Waals surface area contributed by atoms with Crippen molar-refractivity contribution in [3.05, 3.63) is 29.3 Å². The van der Waals surface area contributed by atoms with Gasteiger partial charge in [0, 0.05) is 16.6 Å². The monoisotopic (exact) mass is 265 g/mol. The molecule has 2 rings (SSSR count). The first kappa shape index (κ1) is 13.4. The van der Waals surface area contributed by atoms with Crippen LogP contribution in [0, 0.1) is 17.8 Å². The van der Waals surface area contributed by atoms with Crippen molar-refractivity contribution in [1.29, 1.82) is 0 Å². The summed E-state index contributed by atoms with van der Waals surface area (Å²) in [4.78, 5) is 12.0. The number of amides is 1. The van der Waals surface area contributed by atoms with Gasteiger partial charge in [0.05, 0.1) is 0 Å². The van der Waals surface area contributed by atoms with Crippen LogP contribution in [-0.4, -0.2) is 5.91 Å². The van der Waals surface area contributed by atoms with E-state index in [9.17, 15) is 4.79 Å². The second-order valence-corrected chi connectivity index (χ2v) is 6.01. The summed E-state index contributed by atoms with van der Waals surface area (Å²) in [5, 5.41) is 3.64. The molecule has 2 atom stereocenters. The zero-order chi connectivity index (χ0) is 13.1. The summed E-state index contributed by atoms with van der Waals surface area (Å²) in [5.74, 6) is 1.70. The molecule has 0 saturated heterocycles. The van der Waals surface area contributed by atoms with Gasteiger partial charge in [-0.25, -0.2) is 0 Å². The molecule has 0 aliphatic heterocycles. The van der Waals surface area contributed by atoms with Gasteiger partial charge in [0.15, 0.2) is 0 Å². The molecule has 1 aromatic rings. The highest BCUT2D eigenvalue weighted by atomic mass is 35.5. The van der Waals surface area contributed by atoms with Crippen LogP contribution in [0.2, 0.25) is 5.02 Å². The van der Waals surface area contributed by atoms with E-state index in [4.69, 9.17) is 11.6 Å². The van der Waals surface area contributed by atoms with Crippen LogP contribution in [0.4, 0.5) is 5.69 Å². The fourth-order valence-electron chi connectivity index (χ4n) is 2.20. The van der Waals surface area contributed by atoms with Crippen molar-refractivity contribution in [2.45, 2.75) is 33.1 Å². The number of carbonyl (C=O) groups is 1. The lowest BCUT2D eigenvalue weighted by Gasteiger charge is -2.06. The zero-order valence-electron chi connectivity index (χ0n) is 10.9. The molecule has 0 heterocycles. The van der Waals surface area contributed by atoms with Gasteiger partial charge in [-0.3, -0.25) is 4.79 Å². The van der Waals surface area contributed by atoms with Gasteiger partial charge in [0.2, 0.25) is 5.91 Å². The van der Waals surface area contributed by atoms with E-state index < -0.39 is 0 Å². The van der Waals surface area contributed by atoms with E-state index in [1.807, 2.05) is 12.1 Å². The summed E-state index contributed by atoms with van der Waals surface area (Å²) in [7, 11) is 0. The van der Waals surface area contributed by atoms with Crippen molar-refractivity contribution in [3.63, 3.8) is 0 Å². The smallest absolute Gasteiger partial charge is 0.227 e. The van der Waals surface area contributed by atoms with Crippen molar-refractivity contribution in [2.24, 2.45) is 17.8 Å². The first-order valence-corrected chi connectivity index (χ1v) is 7.00. The Kier molecular flexibility index (Phi) is 4.28. The van der Waals surface area contributed by atoms with Gasteiger partial charge in [-0.15, -0.1) is 0 Å². The lowest BCUT2D eigenvalue weighted by molar-refractivity contribution is -0.117. The molecular weight excluding hydrogens is 246 g/mol. The number of benzene rings is 1. The van der Waals surface area contributed by atoms with Crippen LogP contribution in [0.5, 0.6) is 0 Å². The van der Waals surface area contributed by atoms with E-state index in [1.54, 1.807) is 12.1 Å². The molecule has 0 bridgehead atoms. The Bertz CT molecular complexity index is 413. The predicted molar refractivity (Wildman–Crippen MR) is 75.8 cm³/mol. The van der Waals surface area contributed by atoms with Crippen LogP contribution in [0.1, 0.15) is 33.1 Å². The maximum absolute atomic E-state index is 12.0. The lowest BCUT2D eigenvalue weighted by atomic mass is 10.0. The fourth-order valence-corrected chi connectivity index (χ4v) is 2.33. The Labute approximate surface area is 114 Å². The number of nitrogens with one attached hydrogen (secondary N) is 1. The summed E-state index contributed by atoms with van der Waals surface area (Å²) in [6, 6.07) is 7.26. The molecule has 3 heteroatoms. The van der Waals surface area contributed by atoms with Crippen LogP contribution in [-0.2, 0) is 4.79 Å². The van der Waals surface area contributed by atoms with E-state index in [1.165, 1.54) is 12.8 Å². The van der Waals surface area contributed by atoms with Gasteiger partial charge in [-0.1, -0.05) is 31.9 Å². The maximum atomic E-state index is 12.0. The number of anilines is 1. The van der Waals surface area contributed by atoms with Crippen molar-refractivity contribution >= 4 is 23.2 Å². The molecule has 0 radical (unpaired) electrons. The molecule has 1 saturated carbocycles. The highest BCUT2D eigenvalue weighted by molar-refractivity contribution is 6.30. The summed E-state index contributed by atoms with van der Waals surface area (Å²) in [6.07, 6.45) is 3.44. The molecule has 1 aliphatic carbocycles. The normalized spacial score (nSPS) is 22.0. The van der Waals surface area contributed by atoms with Crippen molar-refractivity contribution in [3.8, 4) is 0 Å². The molecule has 1 fully saturated rings. The van der Waals surface area contributed by atoms with E-state index in [-0.39, 0.29) is 11.8 Å². The minimum atomic E-state index is 0.158. The molecule has 0 aromatic heterocycles. The second kappa shape index (κ2) is 5.75. The average Bonchev–Trinajstić information content (AvgIpc) is 3.09. The van der Waals surface area contributed by atoms with Crippen LogP contribution >= 0.6 is 11.6 Å². The van der Waals surface area contributed by atoms with Gasteiger partial charge >= 0.3 is 0 Å². The Balaban J connectivity index is 1.78. The zero-order valence-corrected chi connectivity index (χ0v) is 11.7. The van der Waals surface area contributed by atoms with Crippen LogP contribution in [0.3, 0.4) is 0 Å². The van der Waals surface area contributed by atoms with Crippen LogP contribution in [0.15, 0.2) is 24.3 Å². The minimum absolute atomic E-state index is 0.158. The van der Waals surface area contributed by atoms with Gasteiger partial charge in [-0.05, 0) is 48.9 Å². The van der Waals surface area contributed by atoms with Crippen LogP contribution < -0.4 is 5.32 Å². The largest absolute Gasteiger partial charge is 0.326 e. The Morgan fingerprint density at radius 2 is 2.06 bits per heavy atom. The van der Waals surface area contributed by atoms with E-state index in [2.05, 4.69) is 19.2 Å². The molecule has 1 aliphatic rings. The lowest BCUT2D eigenvalue weighted by Crippen LogP contribution is -2.14. The van der Waals surface area contributed by atoms with Gasteiger partial charge in [-0.2, -0.15) is 0 Å². The van der Waals surface area contributed by atoms with E-state index in [0.717, 1.165) is 18.0 Å². The molecule has 2 nitrogen and oxygen atoms in total. The molecular formula is C15H20ClNO. The summed E-state index contributed by atoms with van der Waals surface area (Å²) in [6.45, 7) is 4.45. The number of rotatable bonds is 5. The highest BCUT2D eigenvalue weighted by Gasteiger charge is 2.42. The average molecular weight is 266 g/mol. The van der Waals surface area contributed by atoms with Crippen molar-refractivity contribution in [2.75, 3.05) is 5.32 Å². The van der Waals surface area contributed by atoms with E-state index >= 15 is 0 Å². The topological polar surface area (TPSA) is 29.1 Å². The fraction of sp³-hybridized carbons (Fsp3) is 0.533. The Morgan fingerprint density at radius 1 is 1.39 bits per heavy atom. The SMILES string of the molecule is CC(C)CC[C@H]1C[C@H]1C(=O)Nc1ccc(Cl)cc1. The van der Waals surface area contributed by atoms with E-state index in [0.29, 0.717) is 10.9 Å². The number of halogens is 1. The predicted octanol–water partition coefficient (Wildman–Crippen LogP) is 4.35. The first-order chi connectivity index (χ1) is 8.56. The summed E-state index contributed by atoms with van der Waals surface area (Å²) >= 11 is 5.80. The Morgan fingerprint density at radius 3 is 2.67 bits per heavy atom. The van der Waals surface area contributed by atoms with Crippen molar-refractivity contribution < 1.29 is 4.79 Å². The standard InChI is InChI=1S/C15H20ClNO/c1-10(2)3-4-11-9-14(11)15(18)17-13-7-5-12(16)6-8-13/h5-8,10-11,14H,3-4,9H2,1-2H3,(H,17,18)/t11-,14+/m0/s1. The Hall–Kier alpha value is -1.02. The molecule has 0 spiro atoms. The highest BCUT2D eigenvalue weighted by Crippen LogP contribution is 2.43. The molecule has 1 N–H and O–H groups in total. The van der Waals surface area contributed by atoms with Gasteiger partial charge in [0.25, 0.3) is 0 Å². The maximum Gasteiger partial charge on any atom is 0.227 e. The third-order valence-corrected chi connectivity index (χ3v) is 3.74. The summed E-state index contributed by atoms with van der Waals surface area (Å²) in [5.41, 5.74) is 0.832. The van der Waals surface area contributed by atoms with Crippen molar-refractivity contribution in [1.82, 2.24) is 0 Å². The molecule has 1 aromatic carbocycles. The second-order valence-electron chi connectivity index (χ2n) is 5.57.